The summed E-state index contributed by atoms with van der Waals surface area (Å²) < 4.78 is 38.7. The van der Waals surface area contributed by atoms with Gasteiger partial charge in [0.15, 0.2) is 0 Å². The Morgan fingerprint density at radius 2 is 2.14 bits per heavy atom. The van der Waals surface area contributed by atoms with Crippen LogP contribution >= 0.6 is 27.3 Å². The van der Waals surface area contributed by atoms with E-state index in [4.69, 9.17) is 0 Å². The molecule has 0 aliphatic heterocycles. The Kier molecular flexibility index (Phi) is 4.52. The first-order chi connectivity index (χ1) is 9.82. The van der Waals surface area contributed by atoms with Crippen LogP contribution in [-0.4, -0.2) is 17.9 Å². The van der Waals surface area contributed by atoms with Gasteiger partial charge in [0.1, 0.15) is 5.82 Å². The molecule has 0 radical (unpaired) electrons. The third-order valence-electron chi connectivity index (χ3n) is 2.56. The second-order valence-electron chi connectivity index (χ2n) is 3.93. The molecule has 112 valence electrons. The van der Waals surface area contributed by atoms with E-state index >= 15 is 0 Å². The molecule has 0 aliphatic rings. The third-order valence-corrected chi connectivity index (χ3v) is 4.25. The molecular formula is C12H9BrF3N3OS. The van der Waals surface area contributed by atoms with Crippen LogP contribution in [0.5, 0.6) is 0 Å². The van der Waals surface area contributed by atoms with Crippen molar-refractivity contribution < 1.29 is 18.0 Å². The van der Waals surface area contributed by atoms with E-state index in [0.29, 0.717) is 15.5 Å². The number of nitrogens with one attached hydrogen (secondary N) is 2. The number of carbonyl (C=O) groups excluding carboxylic acids is 1. The monoisotopic (exact) mass is 379 g/mol. The van der Waals surface area contributed by atoms with Gasteiger partial charge in [-0.1, -0.05) is 0 Å². The lowest BCUT2D eigenvalue weighted by molar-refractivity contribution is -0.137. The molecule has 0 saturated heterocycles. The number of anilines is 2. The minimum absolute atomic E-state index is 0.0320. The molecule has 1 amide bonds. The Morgan fingerprint density at radius 3 is 2.67 bits per heavy atom. The van der Waals surface area contributed by atoms with Gasteiger partial charge < -0.3 is 10.6 Å². The summed E-state index contributed by atoms with van der Waals surface area (Å²) in [6.45, 7) is 0. The van der Waals surface area contributed by atoms with Crippen LogP contribution in [0.2, 0.25) is 0 Å². The first-order valence-corrected chi connectivity index (χ1v) is 7.29. The van der Waals surface area contributed by atoms with E-state index in [1.165, 1.54) is 18.4 Å². The van der Waals surface area contributed by atoms with Gasteiger partial charge in [0.2, 0.25) is 0 Å². The summed E-state index contributed by atoms with van der Waals surface area (Å²) in [5, 5.41) is 6.76. The maximum absolute atomic E-state index is 12.7. The zero-order valence-corrected chi connectivity index (χ0v) is 13.0. The van der Waals surface area contributed by atoms with Gasteiger partial charge in [0.05, 0.1) is 20.6 Å². The summed E-state index contributed by atoms with van der Waals surface area (Å²) >= 11 is 4.51. The van der Waals surface area contributed by atoms with E-state index in [1.54, 1.807) is 11.4 Å². The van der Waals surface area contributed by atoms with Gasteiger partial charge >= 0.3 is 6.18 Å². The molecule has 0 saturated carbocycles. The molecule has 2 rings (SSSR count). The SMILES string of the molecule is CNc1ncc(C(F)(F)F)cc1NC(=O)c1ccsc1Br. The third kappa shape index (κ3) is 3.53. The minimum Gasteiger partial charge on any atom is -0.371 e. The number of alkyl halides is 3. The Labute approximate surface area is 130 Å². The highest BCUT2D eigenvalue weighted by Crippen LogP contribution is 2.33. The number of rotatable bonds is 3. The number of halogens is 4. The zero-order chi connectivity index (χ0) is 15.6. The molecule has 0 fully saturated rings. The number of hydrogen-bond acceptors (Lipinski definition) is 4. The van der Waals surface area contributed by atoms with Gasteiger partial charge in [-0.05, 0) is 33.4 Å². The Bertz CT molecular complexity index is 672. The molecule has 9 heteroatoms. The molecule has 21 heavy (non-hydrogen) atoms. The lowest BCUT2D eigenvalue weighted by Gasteiger charge is -2.13. The average molecular weight is 380 g/mol. The zero-order valence-electron chi connectivity index (χ0n) is 10.6. The number of nitrogens with zero attached hydrogens (tertiary/aromatic N) is 1. The molecule has 4 nitrogen and oxygen atoms in total. The van der Waals surface area contributed by atoms with E-state index in [9.17, 15) is 18.0 Å². The van der Waals surface area contributed by atoms with Gasteiger partial charge in [-0.15, -0.1) is 11.3 Å². The fraction of sp³-hybridized carbons (Fsp3) is 0.167. The molecule has 0 unspecified atom stereocenters. The van der Waals surface area contributed by atoms with Crippen LogP contribution in [0, 0.1) is 0 Å². The highest BCUT2D eigenvalue weighted by Gasteiger charge is 2.32. The van der Waals surface area contributed by atoms with Crippen LogP contribution in [0.1, 0.15) is 15.9 Å². The highest BCUT2D eigenvalue weighted by atomic mass is 79.9. The maximum Gasteiger partial charge on any atom is 0.417 e. The van der Waals surface area contributed by atoms with Crippen LogP contribution in [-0.2, 0) is 6.18 Å². The van der Waals surface area contributed by atoms with E-state index < -0.39 is 17.6 Å². The summed E-state index contributed by atoms with van der Waals surface area (Å²) in [4.78, 5) is 15.7. The summed E-state index contributed by atoms with van der Waals surface area (Å²) in [6, 6.07) is 2.42. The molecular weight excluding hydrogens is 371 g/mol. The predicted molar refractivity (Wildman–Crippen MR) is 78.8 cm³/mol. The van der Waals surface area contributed by atoms with Gasteiger partial charge in [-0.3, -0.25) is 4.79 Å². The standard InChI is InChI=1S/C12H9BrF3N3OS/c1-17-10-8(4-6(5-18-10)12(14,15)16)19-11(20)7-2-3-21-9(7)13/h2-5H,1H3,(H,17,18)(H,19,20). The minimum atomic E-state index is -4.53. The number of pyridine rings is 1. The number of hydrogen-bond donors (Lipinski definition) is 2. The van der Waals surface area contributed by atoms with Crippen molar-refractivity contribution in [1.29, 1.82) is 0 Å². The highest BCUT2D eigenvalue weighted by molar-refractivity contribution is 9.11. The van der Waals surface area contributed by atoms with Crippen molar-refractivity contribution in [3.05, 3.63) is 38.6 Å². The normalized spacial score (nSPS) is 11.3. The van der Waals surface area contributed by atoms with Crippen LogP contribution in [0.4, 0.5) is 24.7 Å². The maximum atomic E-state index is 12.7. The lowest BCUT2D eigenvalue weighted by Crippen LogP contribution is -2.15. The Balaban J connectivity index is 2.34. The Morgan fingerprint density at radius 1 is 1.43 bits per heavy atom. The summed E-state index contributed by atoms with van der Waals surface area (Å²) in [5.74, 6) is -0.358. The van der Waals surface area contributed by atoms with Gasteiger partial charge in [-0.25, -0.2) is 4.98 Å². The summed E-state index contributed by atoms with van der Waals surface area (Å²) in [5.41, 5.74) is -0.615. The van der Waals surface area contributed by atoms with Crippen molar-refractivity contribution in [3.8, 4) is 0 Å². The van der Waals surface area contributed by atoms with E-state index in [1.807, 2.05) is 0 Å². The fourth-order valence-electron chi connectivity index (χ4n) is 1.56. The van der Waals surface area contributed by atoms with Crippen molar-refractivity contribution in [3.63, 3.8) is 0 Å². The van der Waals surface area contributed by atoms with Crippen molar-refractivity contribution in [2.75, 3.05) is 17.7 Å². The molecule has 2 aromatic heterocycles. The number of carbonyl (C=O) groups is 1. The lowest BCUT2D eigenvalue weighted by atomic mass is 10.2. The van der Waals surface area contributed by atoms with Gasteiger partial charge in [0, 0.05) is 13.2 Å². The summed E-state index contributed by atoms with van der Waals surface area (Å²) in [7, 11) is 1.51. The topological polar surface area (TPSA) is 54.0 Å². The van der Waals surface area contributed by atoms with E-state index in [0.717, 1.165) is 6.07 Å². The molecule has 2 aromatic rings. The first kappa shape index (κ1) is 15.8. The molecule has 0 bridgehead atoms. The predicted octanol–water partition coefficient (Wildman–Crippen LogP) is 4.22. The first-order valence-electron chi connectivity index (χ1n) is 5.62. The second kappa shape index (κ2) is 6.02. The smallest absolute Gasteiger partial charge is 0.371 e. The number of thiophene rings is 1. The summed E-state index contributed by atoms with van der Waals surface area (Å²) in [6.07, 6.45) is -3.82. The van der Waals surface area contributed by atoms with E-state index in [-0.39, 0.29) is 11.5 Å². The molecule has 0 atom stereocenters. The average Bonchev–Trinajstić information content (AvgIpc) is 2.84. The van der Waals surface area contributed by atoms with Crippen molar-refractivity contribution in [2.45, 2.75) is 6.18 Å². The molecule has 0 aliphatic carbocycles. The second-order valence-corrected chi connectivity index (χ2v) is 6.16. The fourth-order valence-corrected chi connectivity index (χ4v) is 2.81. The Hall–Kier alpha value is -1.61. The van der Waals surface area contributed by atoms with E-state index in [2.05, 4.69) is 31.5 Å². The van der Waals surface area contributed by atoms with Crippen LogP contribution < -0.4 is 10.6 Å². The van der Waals surface area contributed by atoms with Crippen LogP contribution in [0.3, 0.4) is 0 Å². The van der Waals surface area contributed by atoms with Crippen LogP contribution in [0.15, 0.2) is 27.5 Å². The largest absolute Gasteiger partial charge is 0.417 e. The number of amides is 1. The molecule has 2 heterocycles. The molecule has 0 aromatic carbocycles. The van der Waals surface area contributed by atoms with Crippen molar-refractivity contribution in [1.82, 2.24) is 4.98 Å². The van der Waals surface area contributed by atoms with Gasteiger partial charge in [-0.2, -0.15) is 13.2 Å². The quantitative estimate of drug-likeness (QED) is 0.839. The van der Waals surface area contributed by atoms with Gasteiger partial charge in [0.25, 0.3) is 5.91 Å². The molecule has 2 N–H and O–H groups in total. The van der Waals surface area contributed by atoms with Crippen molar-refractivity contribution in [2.24, 2.45) is 0 Å². The van der Waals surface area contributed by atoms with Crippen molar-refractivity contribution >= 4 is 44.7 Å². The molecule has 0 spiro atoms. The van der Waals surface area contributed by atoms with Crippen LogP contribution in [0.25, 0.3) is 0 Å². The number of aromatic nitrogens is 1.